The highest BCUT2D eigenvalue weighted by molar-refractivity contribution is 6.03. The lowest BCUT2D eigenvalue weighted by molar-refractivity contribution is 0.0650. The van der Waals surface area contributed by atoms with Gasteiger partial charge in [-0.1, -0.05) is 18.6 Å². The van der Waals surface area contributed by atoms with E-state index in [0.717, 1.165) is 5.56 Å². The first-order valence-electron chi connectivity index (χ1n) is 6.65. The number of hydrogen-bond donors (Lipinski definition) is 2. The molecule has 5 nitrogen and oxygen atoms in total. The van der Waals surface area contributed by atoms with Crippen LogP contribution < -0.4 is 0 Å². The van der Waals surface area contributed by atoms with E-state index < -0.39 is 11.9 Å². The van der Waals surface area contributed by atoms with Crippen LogP contribution in [0.3, 0.4) is 0 Å². The molecule has 1 aliphatic heterocycles. The fourth-order valence-electron chi connectivity index (χ4n) is 2.00. The molecule has 0 saturated carbocycles. The van der Waals surface area contributed by atoms with E-state index in [-0.39, 0.29) is 17.2 Å². The summed E-state index contributed by atoms with van der Waals surface area (Å²) in [5.74, 6) is -2.43. The van der Waals surface area contributed by atoms with Crippen LogP contribution in [0, 0.1) is 0 Å². The van der Waals surface area contributed by atoms with Gasteiger partial charge in [0.2, 0.25) is 0 Å². The molecular weight excluding hydrogens is 272 g/mol. The Morgan fingerprint density at radius 2 is 1.81 bits per heavy atom. The largest absolute Gasteiger partial charge is 0.478 e. The molecule has 5 heteroatoms. The summed E-state index contributed by atoms with van der Waals surface area (Å²) in [4.78, 5) is 22.2. The standard InChI is InChI=1S/C12H12O5.C4H8/c1-2-6-7(9-5-17-9)3-4-8(11(13)14)10(6)12(15)16;1-4(2)3/h3-4,9H,2,5H2,1H3,(H,13,14)(H,15,16);1H2,2-3H3. The summed E-state index contributed by atoms with van der Waals surface area (Å²) < 4.78 is 5.13. The maximum Gasteiger partial charge on any atom is 0.336 e. The first-order valence-corrected chi connectivity index (χ1v) is 6.65. The molecule has 0 amide bonds. The molecule has 0 spiro atoms. The van der Waals surface area contributed by atoms with Gasteiger partial charge in [-0.05, 0) is 37.5 Å². The average Bonchev–Trinajstić information content (AvgIpc) is 3.20. The van der Waals surface area contributed by atoms with Gasteiger partial charge in [-0.15, -0.1) is 6.58 Å². The Bertz CT molecular complexity index is 566. The quantitative estimate of drug-likeness (QED) is 0.656. The lowest BCUT2D eigenvalue weighted by Crippen LogP contribution is -2.13. The van der Waals surface area contributed by atoms with Crippen LogP contribution in [-0.2, 0) is 11.2 Å². The Morgan fingerprint density at radius 1 is 1.29 bits per heavy atom. The third kappa shape index (κ3) is 4.43. The lowest BCUT2D eigenvalue weighted by atomic mass is 9.92. The summed E-state index contributed by atoms with van der Waals surface area (Å²) in [6.07, 6.45) is 0.392. The Labute approximate surface area is 123 Å². The average molecular weight is 292 g/mol. The van der Waals surface area contributed by atoms with Gasteiger partial charge in [0.25, 0.3) is 0 Å². The Balaban J connectivity index is 0.000000491. The van der Waals surface area contributed by atoms with Crippen molar-refractivity contribution >= 4 is 11.9 Å². The molecule has 114 valence electrons. The number of hydrogen-bond acceptors (Lipinski definition) is 3. The lowest BCUT2D eigenvalue weighted by Gasteiger charge is -2.11. The molecule has 0 aliphatic carbocycles. The number of epoxide rings is 1. The summed E-state index contributed by atoms with van der Waals surface area (Å²) >= 11 is 0. The number of carboxylic acids is 2. The smallest absolute Gasteiger partial charge is 0.336 e. The number of ether oxygens (including phenoxy) is 1. The molecule has 1 unspecified atom stereocenters. The highest BCUT2D eigenvalue weighted by Crippen LogP contribution is 2.35. The SMILES string of the molecule is C=C(C)C.CCc1c(C2CO2)ccc(C(=O)O)c1C(=O)O. The van der Waals surface area contributed by atoms with Gasteiger partial charge >= 0.3 is 11.9 Å². The van der Waals surface area contributed by atoms with E-state index in [1.165, 1.54) is 11.6 Å². The van der Waals surface area contributed by atoms with Gasteiger partial charge in [-0.25, -0.2) is 9.59 Å². The van der Waals surface area contributed by atoms with Gasteiger partial charge < -0.3 is 14.9 Å². The van der Waals surface area contributed by atoms with Crippen LogP contribution in [-0.4, -0.2) is 28.8 Å². The summed E-state index contributed by atoms with van der Waals surface area (Å²) in [7, 11) is 0. The number of allylic oxidation sites excluding steroid dienone is 1. The van der Waals surface area contributed by atoms with Crippen molar-refractivity contribution < 1.29 is 24.5 Å². The van der Waals surface area contributed by atoms with E-state index in [4.69, 9.17) is 14.9 Å². The summed E-state index contributed by atoms with van der Waals surface area (Å²) in [5, 5.41) is 18.1. The van der Waals surface area contributed by atoms with E-state index in [2.05, 4.69) is 6.58 Å². The van der Waals surface area contributed by atoms with Gasteiger partial charge in [0.15, 0.2) is 0 Å². The first-order chi connectivity index (χ1) is 9.79. The molecule has 0 radical (unpaired) electrons. The maximum atomic E-state index is 11.2. The van der Waals surface area contributed by atoms with Crippen molar-refractivity contribution in [3.63, 3.8) is 0 Å². The second-order valence-electron chi connectivity index (χ2n) is 5.05. The number of benzene rings is 1. The molecule has 1 fully saturated rings. The number of rotatable bonds is 4. The summed E-state index contributed by atoms with van der Waals surface area (Å²) in [5.41, 5.74) is 2.22. The van der Waals surface area contributed by atoms with E-state index in [9.17, 15) is 9.59 Å². The van der Waals surface area contributed by atoms with Crippen molar-refractivity contribution in [3.8, 4) is 0 Å². The monoisotopic (exact) mass is 292 g/mol. The number of carbonyl (C=O) groups is 2. The molecule has 2 rings (SSSR count). The zero-order chi connectivity index (χ0) is 16.2. The minimum absolute atomic E-state index is 0.0779. The normalized spacial score (nSPS) is 15.7. The predicted octanol–water partition coefficient (Wildman–Crippen LogP) is 3.30. The van der Waals surface area contributed by atoms with E-state index in [1.807, 2.05) is 13.8 Å². The molecule has 21 heavy (non-hydrogen) atoms. The molecule has 1 aliphatic rings. The summed E-state index contributed by atoms with van der Waals surface area (Å²) in [6, 6.07) is 2.98. The Kier molecular flexibility index (Phi) is 5.67. The molecule has 1 aromatic carbocycles. The van der Waals surface area contributed by atoms with Crippen LogP contribution in [0.1, 0.15) is 58.7 Å². The molecular formula is C16H20O5. The molecule has 0 bridgehead atoms. The zero-order valence-corrected chi connectivity index (χ0v) is 12.5. The molecule has 1 atom stereocenters. The topological polar surface area (TPSA) is 87.1 Å². The molecule has 0 aromatic heterocycles. The van der Waals surface area contributed by atoms with Crippen molar-refractivity contribution in [1.82, 2.24) is 0 Å². The third-order valence-corrected chi connectivity index (χ3v) is 2.83. The van der Waals surface area contributed by atoms with Crippen molar-refractivity contribution in [2.45, 2.75) is 33.3 Å². The van der Waals surface area contributed by atoms with E-state index >= 15 is 0 Å². The summed E-state index contributed by atoms with van der Waals surface area (Å²) in [6.45, 7) is 9.87. The zero-order valence-electron chi connectivity index (χ0n) is 12.5. The van der Waals surface area contributed by atoms with Crippen LogP contribution in [0.5, 0.6) is 0 Å². The molecule has 1 aromatic rings. The maximum absolute atomic E-state index is 11.2. The molecule has 2 N–H and O–H groups in total. The van der Waals surface area contributed by atoms with Crippen molar-refractivity contribution in [2.75, 3.05) is 6.61 Å². The van der Waals surface area contributed by atoms with Crippen LogP contribution in [0.25, 0.3) is 0 Å². The van der Waals surface area contributed by atoms with Crippen molar-refractivity contribution in [2.24, 2.45) is 0 Å². The van der Waals surface area contributed by atoms with Crippen LogP contribution in [0.2, 0.25) is 0 Å². The van der Waals surface area contributed by atoms with Gasteiger partial charge in [0.1, 0.15) is 6.10 Å². The highest BCUT2D eigenvalue weighted by Gasteiger charge is 2.31. The highest BCUT2D eigenvalue weighted by atomic mass is 16.6. The van der Waals surface area contributed by atoms with Crippen molar-refractivity contribution in [3.05, 3.63) is 46.5 Å². The van der Waals surface area contributed by atoms with Gasteiger partial charge in [-0.2, -0.15) is 0 Å². The van der Waals surface area contributed by atoms with Crippen LogP contribution in [0.15, 0.2) is 24.3 Å². The van der Waals surface area contributed by atoms with E-state index in [0.29, 0.717) is 18.6 Å². The second-order valence-corrected chi connectivity index (χ2v) is 5.05. The second kappa shape index (κ2) is 7.04. The molecule has 1 saturated heterocycles. The predicted molar refractivity (Wildman–Crippen MR) is 78.9 cm³/mol. The van der Waals surface area contributed by atoms with Crippen LogP contribution in [0.4, 0.5) is 0 Å². The minimum Gasteiger partial charge on any atom is -0.478 e. The van der Waals surface area contributed by atoms with Crippen molar-refractivity contribution in [1.29, 1.82) is 0 Å². The minimum atomic E-state index is -1.22. The van der Waals surface area contributed by atoms with Crippen LogP contribution >= 0.6 is 0 Å². The van der Waals surface area contributed by atoms with Gasteiger partial charge in [-0.3, -0.25) is 0 Å². The number of aromatic carboxylic acids is 2. The third-order valence-electron chi connectivity index (χ3n) is 2.83. The Morgan fingerprint density at radius 3 is 2.14 bits per heavy atom. The first kappa shape index (κ1) is 16.9. The van der Waals surface area contributed by atoms with E-state index in [1.54, 1.807) is 13.0 Å². The Hall–Kier alpha value is -2.14. The number of carboxylic acid groups (broad SMARTS) is 2. The molecule has 1 heterocycles. The van der Waals surface area contributed by atoms with Gasteiger partial charge in [0.05, 0.1) is 17.7 Å². The fraction of sp³-hybridized carbons (Fsp3) is 0.375. The van der Waals surface area contributed by atoms with Gasteiger partial charge in [0, 0.05) is 0 Å². The fourth-order valence-corrected chi connectivity index (χ4v) is 2.00.